The molecule has 0 saturated carbocycles. The SMILES string of the molecule is CCC[Si]1(Cl)c2c(C3=CC=CC3)cc3c([cH-]c4ccccc43)c21.[Cl-].[Cl-].[Ti+3]. The number of fused-ring (bicyclic) bond motifs is 5. The predicted molar refractivity (Wildman–Crippen MR) is 105 cm³/mol. The van der Waals surface area contributed by atoms with Crippen LogP contribution in [0.3, 0.4) is 0 Å². The molecule has 0 N–H and O–H groups in total. The van der Waals surface area contributed by atoms with Crippen molar-refractivity contribution in [1.29, 1.82) is 0 Å². The standard InChI is InChI=1S/C21H18ClSi.2ClH.Ti/c1-2-11-23(22)20-17(14-7-3-4-8-14)13-18-16-10-6-5-9-15(16)12-19(18)21(20)23;;;/h3-7,9-10,12-13H,2,8,11H2,1H3;2*1H;/q-1;;;+3/p-2. The van der Waals surface area contributed by atoms with Gasteiger partial charge in [-0.05, 0) is 23.6 Å². The van der Waals surface area contributed by atoms with Crippen LogP contribution >= 0.6 is 11.1 Å². The second-order valence-electron chi connectivity index (χ2n) is 6.74. The molecule has 1 heterocycles. The van der Waals surface area contributed by atoms with Crippen LogP contribution in [0.2, 0.25) is 6.04 Å². The second-order valence-corrected chi connectivity index (χ2v) is 11.8. The van der Waals surface area contributed by atoms with Crippen LogP contribution in [-0.2, 0) is 21.7 Å². The molecule has 0 amide bonds. The van der Waals surface area contributed by atoms with Gasteiger partial charge in [0.25, 0.3) is 0 Å². The normalized spacial score (nSPS) is 19.4. The van der Waals surface area contributed by atoms with Crippen LogP contribution in [0, 0.1) is 0 Å². The summed E-state index contributed by atoms with van der Waals surface area (Å²) in [5, 5.41) is 8.59. The molecule has 5 rings (SSSR count). The van der Waals surface area contributed by atoms with E-state index in [-0.39, 0.29) is 46.5 Å². The average molecular weight is 453 g/mol. The minimum atomic E-state index is -1.88. The molecule has 1 atom stereocenters. The molecule has 1 aliphatic carbocycles. The first-order valence-corrected chi connectivity index (χ1v) is 11.7. The molecule has 1 radical (unpaired) electrons. The number of hydrogen-bond donors (Lipinski definition) is 0. The van der Waals surface area contributed by atoms with E-state index in [1.807, 2.05) is 0 Å². The summed E-state index contributed by atoms with van der Waals surface area (Å²) < 4.78 is 0. The molecule has 3 aromatic rings. The summed E-state index contributed by atoms with van der Waals surface area (Å²) in [6.07, 6.45) is 8.90. The molecule has 26 heavy (non-hydrogen) atoms. The Bertz CT molecular complexity index is 1030. The summed E-state index contributed by atoms with van der Waals surface area (Å²) in [5.74, 6) is 0. The van der Waals surface area contributed by atoms with Gasteiger partial charge < -0.3 is 24.8 Å². The van der Waals surface area contributed by atoms with Crippen LogP contribution < -0.4 is 35.2 Å². The summed E-state index contributed by atoms with van der Waals surface area (Å²) in [6, 6.07) is 14.7. The van der Waals surface area contributed by atoms with Crippen molar-refractivity contribution in [2.45, 2.75) is 25.8 Å². The Morgan fingerprint density at radius 3 is 2.58 bits per heavy atom. The van der Waals surface area contributed by atoms with Crippen LogP contribution in [0.25, 0.3) is 27.1 Å². The van der Waals surface area contributed by atoms with E-state index in [0.29, 0.717) is 0 Å². The average Bonchev–Trinajstić information content (AvgIpc) is 2.97. The summed E-state index contributed by atoms with van der Waals surface area (Å²) in [7, 11) is -1.88. The fraction of sp³-hybridized carbons (Fsp3) is 0.190. The maximum absolute atomic E-state index is 7.22. The van der Waals surface area contributed by atoms with Gasteiger partial charge >= 0.3 is 21.7 Å². The smallest absolute Gasteiger partial charge is 1.00 e. The minimum absolute atomic E-state index is 0. The molecule has 1 aliphatic heterocycles. The van der Waals surface area contributed by atoms with Gasteiger partial charge in [0, 0.05) is 0 Å². The molecule has 2 aliphatic rings. The summed E-state index contributed by atoms with van der Waals surface area (Å²) in [5.41, 5.74) is 2.88. The molecule has 5 heteroatoms. The van der Waals surface area contributed by atoms with Crippen molar-refractivity contribution in [2.24, 2.45) is 0 Å². The zero-order valence-corrected chi connectivity index (χ0v) is 19.3. The van der Waals surface area contributed by atoms with Crippen molar-refractivity contribution in [3.63, 3.8) is 0 Å². The van der Waals surface area contributed by atoms with Crippen molar-refractivity contribution >= 4 is 56.0 Å². The van der Waals surface area contributed by atoms with Gasteiger partial charge in [0.05, 0.1) is 0 Å². The number of rotatable bonds is 3. The third kappa shape index (κ3) is 2.98. The van der Waals surface area contributed by atoms with Gasteiger partial charge in [0.15, 0.2) is 7.38 Å². The van der Waals surface area contributed by atoms with Gasteiger partial charge in [-0.3, -0.25) is 0 Å². The fourth-order valence-electron chi connectivity index (χ4n) is 4.31. The van der Waals surface area contributed by atoms with Crippen LogP contribution in [0.4, 0.5) is 0 Å². The van der Waals surface area contributed by atoms with E-state index in [1.165, 1.54) is 49.5 Å². The first kappa shape index (κ1) is 21.9. The van der Waals surface area contributed by atoms with Gasteiger partial charge in [0.2, 0.25) is 0 Å². The van der Waals surface area contributed by atoms with Crippen molar-refractivity contribution in [3.8, 4) is 0 Å². The molecule has 0 aromatic heterocycles. The largest absolute Gasteiger partial charge is 3.00 e. The Labute approximate surface area is 187 Å². The molecule has 1 unspecified atom stereocenters. The Morgan fingerprint density at radius 1 is 1.12 bits per heavy atom. The number of benzene rings is 2. The molecule has 0 saturated heterocycles. The van der Waals surface area contributed by atoms with E-state index in [4.69, 9.17) is 11.1 Å². The summed E-state index contributed by atoms with van der Waals surface area (Å²) >= 11 is 7.22. The number of allylic oxidation sites excluding steroid dienone is 4. The van der Waals surface area contributed by atoms with Crippen molar-refractivity contribution in [3.05, 3.63) is 60.2 Å². The topological polar surface area (TPSA) is 0 Å². The number of halogens is 3. The molecular weight excluding hydrogens is 435 g/mol. The second kappa shape index (κ2) is 7.91. The maximum atomic E-state index is 7.22. The zero-order chi connectivity index (χ0) is 15.6. The zero-order valence-electron chi connectivity index (χ0n) is 14.5. The first-order chi connectivity index (χ1) is 11.2. The summed E-state index contributed by atoms with van der Waals surface area (Å²) in [6.45, 7) is 2.25. The van der Waals surface area contributed by atoms with E-state index in [9.17, 15) is 0 Å². The van der Waals surface area contributed by atoms with Crippen molar-refractivity contribution in [2.75, 3.05) is 0 Å². The van der Waals surface area contributed by atoms with Crippen LogP contribution in [-0.4, -0.2) is 7.38 Å². The maximum Gasteiger partial charge on any atom is 3.00 e. The molecule has 131 valence electrons. The van der Waals surface area contributed by atoms with E-state index in [2.05, 4.69) is 61.5 Å². The molecular formula is C21H18Cl3SiTi. The third-order valence-electron chi connectivity index (χ3n) is 5.36. The van der Waals surface area contributed by atoms with Crippen LogP contribution in [0.1, 0.15) is 25.3 Å². The molecule has 0 fully saturated rings. The Balaban J connectivity index is 0.000000810. The summed E-state index contributed by atoms with van der Waals surface area (Å²) in [4.78, 5) is 0. The van der Waals surface area contributed by atoms with Gasteiger partial charge in [-0.1, -0.05) is 66.2 Å². The van der Waals surface area contributed by atoms with E-state index < -0.39 is 7.38 Å². The Morgan fingerprint density at radius 2 is 1.88 bits per heavy atom. The number of hydrogen-bond acceptors (Lipinski definition) is 0. The Hall–Kier alpha value is -0.409. The van der Waals surface area contributed by atoms with Crippen molar-refractivity contribution in [1.82, 2.24) is 0 Å². The molecule has 0 bridgehead atoms. The van der Waals surface area contributed by atoms with Gasteiger partial charge in [0.1, 0.15) is 0 Å². The third-order valence-corrected chi connectivity index (χ3v) is 10.6. The van der Waals surface area contributed by atoms with Gasteiger partial charge in [-0.2, -0.15) is 11.1 Å². The quantitative estimate of drug-likeness (QED) is 0.274. The monoisotopic (exact) mass is 451 g/mol. The van der Waals surface area contributed by atoms with E-state index >= 15 is 0 Å². The molecule has 3 aromatic carbocycles. The van der Waals surface area contributed by atoms with Crippen LogP contribution in [0.15, 0.2) is 54.6 Å². The predicted octanol–water partition coefficient (Wildman–Crippen LogP) is -0.917. The first-order valence-electron chi connectivity index (χ1n) is 8.45. The Kier molecular flexibility index (Phi) is 6.66. The minimum Gasteiger partial charge on any atom is -1.00 e. The fourth-order valence-corrected chi connectivity index (χ4v) is 9.95. The molecule has 0 spiro atoms. The van der Waals surface area contributed by atoms with E-state index in [1.54, 1.807) is 0 Å². The van der Waals surface area contributed by atoms with Crippen LogP contribution in [0.5, 0.6) is 0 Å². The van der Waals surface area contributed by atoms with E-state index in [0.717, 1.165) is 12.5 Å². The van der Waals surface area contributed by atoms with Gasteiger partial charge in [-0.25, -0.2) is 0 Å². The molecule has 0 nitrogen and oxygen atoms in total. The van der Waals surface area contributed by atoms with Gasteiger partial charge in [-0.15, -0.1) is 33.7 Å². The van der Waals surface area contributed by atoms with Crippen molar-refractivity contribution < 1.29 is 46.5 Å².